The van der Waals surface area contributed by atoms with Gasteiger partial charge in [-0.15, -0.1) is 0 Å². The number of hydrogen-bond acceptors (Lipinski definition) is 4. The van der Waals surface area contributed by atoms with Gasteiger partial charge in [0.1, 0.15) is 0 Å². The van der Waals surface area contributed by atoms with E-state index < -0.39 is 18.2 Å². The van der Waals surface area contributed by atoms with Crippen molar-refractivity contribution in [1.29, 1.82) is 0 Å². The van der Waals surface area contributed by atoms with E-state index in [1.807, 2.05) is 6.08 Å². The molecule has 0 saturated carbocycles. The Kier molecular flexibility index (Phi) is 34.8. The van der Waals surface area contributed by atoms with Gasteiger partial charge in [-0.3, -0.25) is 4.79 Å². The third-order valence-electron chi connectivity index (χ3n) is 8.99. The summed E-state index contributed by atoms with van der Waals surface area (Å²) in [5.41, 5.74) is 0. The van der Waals surface area contributed by atoms with Crippen LogP contribution in [0, 0.1) is 0 Å². The van der Waals surface area contributed by atoms with Crippen molar-refractivity contribution >= 4 is 5.91 Å². The zero-order valence-electron chi connectivity index (χ0n) is 30.0. The second kappa shape index (κ2) is 35.7. The summed E-state index contributed by atoms with van der Waals surface area (Å²) in [6, 6.07) is -0.755. The molecule has 0 bridgehead atoms. The van der Waals surface area contributed by atoms with Gasteiger partial charge in [-0.05, 0) is 32.1 Å². The highest BCUT2D eigenvalue weighted by Crippen LogP contribution is 2.15. The molecule has 0 rings (SSSR count). The van der Waals surface area contributed by atoms with E-state index in [2.05, 4.69) is 31.3 Å². The maximum Gasteiger partial charge on any atom is 0.222 e. The van der Waals surface area contributed by atoms with E-state index >= 15 is 0 Å². The molecule has 0 aliphatic heterocycles. The average Bonchev–Trinajstić information content (AvgIpc) is 3.03. The van der Waals surface area contributed by atoms with E-state index in [4.69, 9.17) is 0 Å². The van der Waals surface area contributed by atoms with Crippen molar-refractivity contribution in [3.63, 3.8) is 0 Å². The Balaban J connectivity index is 3.71. The minimum absolute atomic E-state index is 0.00804. The highest BCUT2D eigenvalue weighted by atomic mass is 16.3. The molecule has 5 heteroatoms. The second-order valence-electron chi connectivity index (χ2n) is 13.5. The number of amides is 1. The van der Waals surface area contributed by atoms with Crippen molar-refractivity contribution in [2.75, 3.05) is 6.61 Å². The van der Waals surface area contributed by atoms with Crippen LogP contribution < -0.4 is 5.32 Å². The summed E-state index contributed by atoms with van der Waals surface area (Å²) in [6.07, 6.45) is 41.8. The van der Waals surface area contributed by atoms with Crippen molar-refractivity contribution in [1.82, 2.24) is 5.32 Å². The number of allylic oxidation sites excluding steroid dienone is 3. The van der Waals surface area contributed by atoms with Gasteiger partial charge in [0.2, 0.25) is 5.91 Å². The van der Waals surface area contributed by atoms with Gasteiger partial charge in [0, 0.05) is 0 Å². The van der Waals surface area contributed by atoms with Crippen molar-refractivity contribution in [3.05, 3.63) is 24.3 Å². The van der Waals surface area contributed by atoms with E-state index in [-0.39, 0.29) is 18.9 Å². The largest absolute Gasteiger partial charge is 0.394 e. The summed E-state index contributed by atoms with van der Waals surface area (Å²) in [5.74, 6) is -0.327. The minimum atomic E-state index is -0.947. The Labute approximate surface area is 280 Å². The first-order chi connectivity index (χ1) is 22.0. The standard InChI is InChI=1S/C40H77NO4/c1-3-5-7-9-11-13-14-15-16-17-18-19-20-21-22-23-24-26-28-30-32-34-39(44)38(36-42)41-40(45)35-37(43)33-31-29-27-25-12-10-8-6-4-2/h24,26,32,34,37-39,42-44H,3-23,25,27-31,33,35-36H2,1-2H3,(H,41,45)/b26-24+,34-32+. The number of aliphatic hydroxyl groups is 3. The van der Waals surface area contributed by atoms with Gasteiger partial charge < -0.3 is 20.6 Å². The molecule has 1 amide bonds. The fourth-order valence-corrected chi connectivity index (χ4v) is 5.94. The zero-order chi connectivity index (χ0) is 33.1. The number of nitrogens with one attached hydrogen (secondary N) is 1. The van der Waals surface area contributed by atoms with E-state index in [0.29, 0.717) is 6.42 Å². The zero-order valence-corrected chi connectivity index (χ0v) is 30.0. The predicted octanol–water partition coefficient (Wildman–Crippen LogP) is 10.7. The van der Waals surface area contributed by atoms with E-state index in [1.165, 1.54) is 141 Å². The van der Waals surface area contributed by atoms with Crippen molar-refractivity contribution < 1.29 is 20.1 Å². The third-order valence-corrected chi connectivity index (χ3v) is 8.99. The van der Waals surface area contributed by atoms with Gasteiger partial charge in [-0.25, -0.2) is 0 Å². The highest BCUT2D eigenvalue weighted by Gasteiger charge is 2.20. The SMILES string of the molecule is CCCCCCCCCCCCCCCCC/C=C/CC/C=C/C(O)C(CO)NC(=O)CC(O)CCCCCCCCCCC. The third kappa shape index (κ3) is 32.6. The van der Waals surface area contributed by atoms with Gasteiger partial charge in [-0.1, -0.05) is 186 Å². The van der Waals surface area contributed by atoms with Crippen molar-refractivity contribution in [2.45, 2.75) is 218 Å². The smallest absolute Gasteiger partial charge is 0.222 e. The second-order valence-corrected chi connectivity index (χ2v) is 13.5. The van der Waals surface area contributed by atoms with Crippen LogP contribution in [0.5, 0.6) is 0 Å². The van der Waals surface area contributed by atoms with E-state index in [9.17, 15) is 20.1 Å². The Morgan fingerprint density at radius 3 is 1.42 bits per heavy atom. The molecule has 0 aromatic rings. The molecule has 5 nitrogen and oxygen atoms in total. The summed E-state index contributed by atoms with van der Waals surface area (Å²) in [6.45, 7) is 4.17. The Bertz CT molecular complexity index is 665. The van der Waals surface area contributed by atoms with E-state index in [0.717, 1.165) is 32.1 Å². The van der Waals surface area contributed by atoms with Crippen LogP contribution in [0.3, 0.4) is 0 Å². The molecule has 0 heterocycles. The molecular formula is C40H77NO4. The molecular weight excluding hydrogens is 558 g/mol. The van der Waals surface area contributed by atoms with Crippen LogP contribution in [0.2, 0.25) is 0 Å². The minimum Gasteiger partial charge on any atom is -0.394 e. The monoisotopic (exact) mass is 636 g/mol. The molecule has 45 heavy (non-hydrogen) atoms. The first-order valence-corrected chi connectivity index (χ1v) is 19.6. The lowest BCUT2D eigenvalue weighted by atomic mass is 10.0. The van der Waals surface area contributed by atoms with Gasteiger partial charge in [-0.2, -0.15) is 0 Å². The number of aliphatic hydroxyl groups excluding tert-OH is 3. The molecule has 3 unspecified atom stereocenters. The van der Waals surface area contributed by atoms with Crippen LogP contribution in [0.1, 0.15) is 200 Å². The first kappa shape index (κ1) is 43.8. The van der Waals surface area contributed by atoms with Crippen LogP contribution in [-0.2, 0) is 4.79 Å². The fraction of sp³-hybridized carbons (Fsp3) is 0.875. The predicted molar refractivity (Wildman–Crippen MR) is 195 cm³/mol. The Hall–Kier alpha value is -1.17. The molecule has 0 spiro atoms. The van der Waals surface area contributed by atoms with Crippen LogP contribution in [0.15, 0.2) is 24.3 Å². The topological polar surface area (TPSA) is 89.8 Å². The summed E-state index contributed by atoms with van der Waals surface area (Å²) in [5, 5.41) is 33.0. The van der Waals surface area contributed by atoms with Crippen LogP contribution in [0.25, 0.3) is 0 Å². The average molecular weight is 636 g/mol. The van der Waals surface area contributed by atoms with Gasteiger partial charge in [0.25, 0.3) is 0 Å². The van der Waals surface area contributed by atoms with E-state index in [1.54, 1.807) is 6.08 Å². The molecule has 3 atom stereocenters. The van der Waals surface area contributed by atoms with Crippen LogP contribution >= 0.6 is 0 Å². The van der Waals surface area contributed by atoms with Crippen LogP contribution in [-0.4, -0.2) is 46.1 Å². The van der Waals surface area contributed by atoms with Gasteiger partial charge >= 0.3 is 0 Å². The number of unbranched alkanes of at least 4 members (excludes halogenated alkanes) is 24. The lowest BCUT2D eigenvalue weighted by Gasteiger charge is -2.21. The molecule has 0 saturated heterocycles. The molecule has 266 valence electrons. The molecule has 0 aliphatic rings. The summed E-state index contributed by atoms with van der Waals surface area (Å²) < 4.78 is 0. The van der Waals surface area contributed by atoms with Crippen molar-refractivity contribution in [3.8, 4) is 0 Å². The number of carbonyl (C=O) groups excluding carboxylic acids is 1. The molecule has 0 aromatic heterocycles. The fourth-order valence-electron chi connectivity index (χ4n) is 5.94. The molecule has 4 N–H and O–H groups in total. The quantitative estimate of drug-likeness (QED) is 0.0412. The normalized spacial score (nSPS) is 14.0. The molecule has 0 aromatic carbocycles. The lowest BCUT2D eigenvalue weighted by Crippen LogP contribution is -2.45. The maximum absolute atomic E-state index is 12.3. The number of rotatable bonds is 35. The van der Waals surface area contributed by atoms with Gasteiger partial charge in [0.15, 0.2) is 0 Å². The molecule has 0 aliphatic carbocycles. The first-order valence-electron chi connectivity index (χ1n) is 19.6. The van der Waals surface area contributed by atoms with Crippen LogP contribution in [0.4, 0.5) is 0 Å². The molecule has 0 fully saturated rings. The van der Waals surface area contributed by atoms with Crippen molar-refractivity contribution in [2.24, 2.45) is 0 Å². The Morgan fingerprint density at radius 1 is 0.556 bits per heavy atom. The number of carbonyl (C=O) groups is 1. The Morgan fingerprint density at radius 2 is 0.956 bits per heavy atom. The summed E-state index contributed by atoms with van der Waals surface area (Å²) in [4.78, 5) is 12.3. The highest BCUT2D eigenvalue weighted by molar-refractivity contribution is 5.76. The van der Waals surface area contributed by atoms with Gasteiger partial charge in [0.05, 0.1) is 31.3 Å². The lowest BCUT2D eigenvalue weighted by molar-refractivity contribution is -0.124. The summed E-state index contributed by atoms with van der Waals surface area (Å²) >= 11 is 0. The molecule has 0 radical (unpaired) electrons. The maximum atomic E-state index is 12.3. The summed E-state index contributed by atoms with van der Waals surface area (Å²) in [7, 11) is 0. The number of hydrogen-bond donors (Lipinski definition) is 4.